The molecule has 2 heterocycles. The van der Waals surface area contributed by atoms with E-state index in [1.54, 1.807) is 0 Å². The zero-order valence-electron chi connectivity index (χ0n) is 8.85. The van der Waals surface area contributed by atoms with Crippen LogP contribution in [0.15, 0.2) is 23.0 Å². The van der Waals surface area contributed by atoms with Gasteiger partial charge in [-0.3, -0.25) is 14.9 Å². The van der Waals surface area contributed by atoms with Crippen molar-refractivity contribution < 1.29 is 9.53 Å². The second kappa shape index (κ2) is 4.47. The van der Waals surface area contributed by atoms with E-state index in [0.717, 1.165) is 0 Å². The number of ether oxygens (including phenoxy) is 1. The van der Waals surface area contributed by atoms with Gasteiger partial charge in [-0.05, 0) is 6.07 Å². The van der Waals surface area contributed by atoms with E-state index in [1.807, 2.05) is 0 Å². The number of H-pyrrole nitrogens is 2. The number of amides is 1. The van der Waals surface area contributed by atoms with E-state index in [4.69, 9.17) is 4.74 Å². The number of carbonyl (C=O) groups is 1. The average molecular weight is 235 g/mol. The summed E-state index contributed by atoms with van der Waals surface area (Å²) in [5, 5.41) is 8.54. The van der Waals surface area contributed by atoms with E-state index in [-0.39, 0.29) is 23.2 Å². The molecule has 0 aliphatic carbocycles. The fourth-order valence-corrected chi connectivity index (χ4v) is 1.15. The van der Waals surface area contributed by atoms with Gasteiger partial charge in [0, 0.05) is 6.07 Å². The second-order valence-corrected chi connectivity index (χ2v) is 3.05. The minimum absolute atomic E-state index is 0.113. The Balaban J connectivity index is 2.14. The molecule has 8 nitrogen and oxygen atoms in total. The predicted molar refractivity (Wildman–Crippen MR) is 58.0 cm³/mol. The number of pyridine rings is 1. The molecule has 1 amide bonds. The first-order valence-electron chi connectivity index (χ1n) is 4.66. The molecule has 0 bridgehead atoms. The molecule has 0 saturated heterocycles. The van der Waals surface area contributed by atoms with Crippen LogP contribution in [0.4, 0.5) is 5.95 Å². The number of carbonyl (C=O) groups excluding carboxylic acids is 1. The summed E-state index contributed by atoms with van der Waals surface area (Å²) in [6.45, 7) is 0. The lowest BCUT2D eigenvalue weighted by Gasteiger charge is -1.99. The fraction of sp³-hybridized carbons (Fsp3) is 0.111. The standard InChI is InChI=1S/C9H9N5O3/c1-17-9-12-8(13-14-9)11-7(16)5-3-2-4-6(15)10-5/h2-4H,1H3,(H,10,15)(H2,11,12,13,14,16). The van der Waals surface area contributed by atoms with Crippen molar-refractivity contribution in [2.24, 2.45) is 0 Å². The van der Waals surface area contributed by atoms with Gasteiger partial charge in [0.05, 0.1) is 7.11 Å². The summed E-state index contributed by atoms with van der Waals surface area (Å²) < 4.78 is 4.74. The molecule has 0 radical (unpaired) electrons. The Labute approximate surface area is 95.0 Å². The molecule has 0 spiro atoms. The number of nitrogens with zero attached hydrogens (tertiary/aromatic N) is 2. The van der Waals surface area contributed by atoms with Crippen molar-refractivity contribution in [1.82, 2.24) is 20.2 Å². The summed E-state index contributed by atoms with van der Waals surface area (Å²) in [6, 6.07) is 4.38. The van der Waals surface area contributed by atoms with Gasteiger partial charge in [0.15, 0.2) is 0 Å². The van der Waals surface area contributed by atoms with Crippen molar-refractivity contribution in [3.63, 3.8) is 0 Å². The van der Waals surface area contributed by atoms with Crippen LogP contribution >= 0.6 is 0 Å². The Kier molecular flexibility index (Phi) is 2.86. The van der Waals surface area contributed by atoms with Crippen LogP contribution in [0.5, 0.6) is 6.01 Å². The summed E-state index contributed by atoms with van der Waals surface area (Å²) >= 11 is 0. The van der Waals surface area contributed by atoms with E-state index in [1.165, 1.54) is 25.3 Å². The predicted octanol–water partition coefficient (Wildman–Crippen LogP) is -0.246. The van der Waals surface area contributed by atoms with Gasteiger partial charge in [-0.2, -0.15) is 4.98 Å². The van der Waals surface area contributed by atoms with E-state index < -0.39 is 5.91 Å². The summed E-state index contributed by atoms with van der Waals surface area (Å²) in [5.41, 5.74) is -0.222. The fourth-order valence-electron chi connectivity index (χ4n) is 1.15. The van der Waals surface area contributed by atoms with Crippen LogP contribution in [0.3, 0.4) is 0 Å². The molecule has 2 aromatic heterocycles. The minimum Gasteiger partial charge on any atom is -0.466 e. The maximum Gasteiger partial charge on any atom is 0.336 e. The lowest BCUT2D eigenvalue weighted by atomic mass is 10.3. The summed E-state index contributed by atoms with van der Waals surface area (Å²) in [5.74, 6) is -0.363. The van der Waals surface area contributed by atoms with Gasteiger partial charge in [0.2, 0.25) is 11.5 Å². The molecule has 17 heavy (non-hydrogen) atoms. The van der Waals surface area contributed by atoms with Crippen molar-refractivity contribution >= 4 is 11.9 Å². The molecule has 3 N–H and O–H groups in total. The van der Waals surface area contributed by atoms with Crippen molar-refractivity contribution in [2.75, 3.05) is 12.4 Å². The third-order valence-corrected chi connectivity index (χ3v) is 1.89. The lowest BCUT2D eigenvalue weighted by molar-refractivity contribution is 0.102. The molecule has 0 aliphatic heterocycles. The third kappa shape index (κ3) is 2.48. The Morgan fingerprint density at radius 1 is 1.47 bits per heavy atom. The third-order valence-electron chi connectivity index (χ3n) is 1.89. The van der Waals surface area contributed by atoms with Crippen molar-refractivity contribution in [3.05, 3.63) is 34.2 Å². The molecule has 2 rings (SSSR count). The minimum atomic E-state index is -0.499. The van der Waals surface area contributed by atoms with E-state index in [9.17, 15) is 9.59 Å². The zero-order chi connectivity index (χ0) is 12.3. The van der Waals surface area contributed by atoms with Gasteiger partial charge in [-0.15, -0.1) is 5.10 Å². The zero-order valence-corrected chi connectivity index (χ0v) is 8.85. The van der Waals surface area contributed by atoms with Gasteiger partial charge < -0.3 is 9.72 Å². The Hall–Kier alpha value is -2.64. The number of methoxy groups -OCH3 is 1. The number of aromatic amines is 2. The average Bonchev–Trinajstić information content (AvgIpc) is 2.77. The van der Waals surface area contributed by atoms with Gasteiger partial charge in [0.1, 0.15) is 5.69 Å². The Morgan fingerprint density at radius 3 is 2.94 bits per heavy atom. The van der Waals surface area contributed by atoms with Crippen LogP contribution < -0.4 is 15.6 Å². The van der Waals surface area contributed by atoms with Gasteiger partial charge in [0.25, 0.3) is 5.91 Å². The van der Waals surface area contributed by atoms with E-state index in [2.05, 4.69) is 25.5 Å². The number of anilines is 1. The maximum absolute atomic E-state index is 11.7. The molecule has 0 aromatic carbocycles. The SMILES string of the molecule is COc1n[nH]c(NC(=O)c2cccc(=O)[nH]2)n1. The number of nitrogens with one attached hydrogen (secondary N) is 3. The normalized spacial score (nSPS) is 9.94. The first-order valence-corrected chi connectivity index (χ1v) is 4.66. The Bertz CT molecular complexity index is 588. The Morgan fingerprint density at radius 2 is 2.29 bits per heavy atom. The second-order valence-electron chi connectivity index (χ2n) is 3.05. The number of aromatic nitrogens is 4. The van der Waals surface area contributed by atoms with Crippen LogP contribution in [0.25, 0.3) is 0 Å². The highest BCUT2D eigenvalue weighted by Crippen LogP contribution is 2.05. The summed E-state index contributed by atoms with van der Waals surface area (Å²) in [7, 11) is 1.41. The van der Waals surface area contributed by atoms with Crippen LogP contribution in [0.2, 0.25) is 0 Å². The van der Waals surface area contributed by atoms with Crippen LogP contribution in [0.1, 0.15) is 10.5 Å². The monoisotopic (exact) mass is 235 g/mol. The highest BCUT2D eigenvalue weighted by Gasteiger charge is 2.09. The van der Waals surface area contributed by atoms with Crippen molar-refractivity contribution in [2.45, 2.75) is 0 Å². The molecule has 0 saturated carbocycles. The first kappa shape index (κ1) is 10.9. The topological polar surface area (TPSA) is 113 Å². The molecular formula is C9H9N5O3. The largest absolute Gasteiger partial charge is 0.466 e. The quantitative estimate of drug-likeness (QED) is 0.679. The van der Waals surface area contributed by atoms with E-state index >= 15 is 0 Å². The van der Waals surface area contributed by atoms with Crippen LogP contribution in [-0.2, 0) is 0 Å². The lowest BCUT2D eigenvalue weighted by Crippen LogP contribution is -2.18. The van der Waals surface area contributed by atoms with E-state index in [0.29, 0.717) is 0 Å². The van der Waals surface area contributed by atoms with Gasteiger partial charge >= 0.3 is 6.01 Å². The van der Waals surface area contributed by atoms with Gasteiger partial charge in [-0.25, -0.2) is 5.10 Å². The highest BCUT2D eigenvalue weighted by molar-refractivity contribution is 6.01. The molecule has 0 aliphatic rings. The number of rotatable bonds is 3. The summed E-state index contributed by atoms with van der Waals surface area (Å²) in [6.07, 6.45) is 0. The van der Waals surface area contributed by atoms with Crippen LogP contribution in [0, 0.1) is 0 Å². The first-order chi connectivity index (χ1) is 8.19. The molecule has 0 unspecified atom stereocenters. The smallest absolute Gasteiger partial charge is 0.336 e. The number of hydrogen-bond acceptors (Lipinski definition) is 5. The summed E-state index contributed by atoms with van der Waals surface area (Å²) in [4.78, 5) is 28.9. The van der Waals surface area contributed by atoms with Crippen molar-refractivity contribution in [3.8, 4) is 6.01 Å². The number of hydrogen-bond donors (Lipinski definition) is 3. The molecule has 88 valence electrons. The maximum atomic E-state index is 11.7. The van der Waals surface area contributed by atoms with Crippen LogP contribution in [-0.4, -0.2) is 33.2 Å². The molecule has 0 atom stereocenters. The highest BCUT2D eigenvalue weighted by atomic mass is 16.5. The molecule has 0 fully saturated rings. The molecule has 8 heteroatoms. The van der Waals surface area contributed by atoms with Crippen molar-refractivity contribution in [1.29, 1.82) is 0 Å². The van der Waals surface area contributed by atoms with Gasteiger partial charge in [-0.1, -0.05) is 6.07 Å². The molecular weight excluding hydrogens is 226 g/mol. The molecule has 2 aromatic rings.